The molecular formula is C16H31N. The third-order valence-corrected chi connectivity index (χ3v) is 5.19. The fourth-order valence-corrected chi connectivity index (χ4v) is 4.09. The lowest BCUT2D eigenvalue weighted by Gasteiger charge is -2.28. The highest BCUT2D eigenvalue weighted by atomic mass is 14.9. The van der Waals surface area contributed by atoms with Crippen molar-refractivity contribution in [1.29, 1.82) is 0 Å². The van der Waals surface area contributed by atoms with Gasteiger partial charge >= 0.3 is 0 Å². The Morgan fingerprint density at radius 1 is 1.06 bits per heavy atom. The zero-order valence-electron chi connectivity index (χ0n) is 11.9. The van der Waals surface area contributed by atoms with Gasteiger partial charge in [0.25, 0.3) is 0 Å². The second-order valence-corrected chi connectivity index (χ2v) is 6.59. The van der Waals surface area contributed by atoms with Crippen molar-refractivity contribution >= 4 is 0 Å². The van der Waals surface area contributed by atoms with Crippen LogP contribution in [0.3, 0.4) is 0 Å². The largest absolute Gasteiger partial charge is 0.314 e. The summed E-state index contributed by atoms with van der Waals surface area (Å²) in [4.78, 5) is 0. The second-order valence-electron chi connectivity index (χ2n) is 6.59. The summed E-state index contributed by atoms with van der Waals surface area (Å²) in [5.74, 6) is 2.98. The maximum atomic E-state index is 3.84. The SMILES string of the molecule is CCC1CCCC1NCCC1CCCC(C)C1. The lowest BCUT2D eigenvalue weighted by molar-refractivity contribution is 0.261. The molecule has 17 heavy (non-hydrogen) atoms. The van der Waals surface area contributed by atoms with Gasteiger partial charge in [0.05, 0.1) is 0 Å². The van der Waals surface area contributed by atoms with E-state index in [1.54, 1.807) is 0 Å². The van der Waals surface area contributed by atoms with Gasteiger partial charge in [-0.25, -0.2) is 0 Å². The molecule has 2 aliphatic carbocycles. The van der Waals surface area contributed by atoms with Crippen LogP contribution in [-0.2, 0) is 0 Å². The molecule has 0 heterocycles. The first kappa shape index (κ1) is 13.4. The fraction of sp³-hybridized carbons (Fsp3) is 1.00. The Morgan fingerprint density at radius 3 is 2.65 bits per heavy atom. The summed E-state index contributed by atoms with van der Waals surface area (Å²) in [6, 6.07) is 0.848. The molecule has 1 N–H and O–H groups in total. The lowest BCUT2D eigenvalue weighted by atomic mass is 9.81. The first-order valence-electron chi connectivity index (χ1n) is 8.03. The Hall–Kier alpha value is -0.0400. The molecule has 0 bridgehead atoms. The van der Waals surface area contributed by atoms with Crippen molar-refractivity contribution < 1.29 is 0 Å². The molecule has 2 saturated carbocycles. The molecule has 0 aromatic rings. The first-order valence-corrected chi connectivity index (χ1v) is 8.03. The van der Waals surface area contributed by atoms with E-state index in [1.165, 1.54) is 64.3 Å². The smallest absolute Gasteiger partial charge is 0.00952 e. The summed E-state index contributed by atoms with van der Waals surface area (Å²) in [5, 5.41) is 3.84. The average Bonchev–Trinajstić information content (AvgIpc) is 2.77. The topological polar surface area (TPSA) is 12.0 Å². The van der Waals surface area contributed by atoms with Gasteiger partial charge < -0.3 is 5.32 Å². The van der Waals surface area contributed by atoms with Crippen LogP contribution in [0.5, 0.6) is 0 Å². The van der Waals surface area contributed by atoms with Crippen molar-refractivity contribution in [2.24, 2.45) is 17.8 Å². The molecule has 2 rings (SSSR count). The second kappa shape index (κ2) is 6.78. The molecule has 0 aliphatic heterocycles. The van der Waals surface area contributed by atoms with Gasteiger partial charge in [-0.15, -0.1) is 0 Å². The highest BCUT2D eigenvalue weighted by molar-refractivity contribution is 4.82. The number of rotatable bonds is 5. The maximum absolute atomic E-state index is 3.84. The van der Waals surface area contributed by atoms with Crippen LogP contribution in [0.25, 0.3) is 0 Å². The van der Waals surface area contributed by atoms with E-state index in [0.29, 0.717) is 0 Å². The molecule has 4 unspecified atom stereocenters. The van der Waals surface area contributed by atoms with Crippen molar-refractivity contribution in [1.82, 2.24) is 5.32 Å². The van der Waals surface area contributed by atoms with Crippen LogP contribution in [0.2, 0.25) is 0 Å². The Labute approximate surface area is 108 Å². The molecule has 2 fully saturated rings. The van der Waals surface area contributed by atoms with Gasteiger partial charge in [0.15, 0.2) is 0 Å². The van der Waals surface area contributed by atoms with Gasteiger partial charge in [-0.3, -0.25) is 0 Å². The molecular weight excluding hydrogens is 206 g/mol. The molecule has 0 radical (unpaired) electrons. The minimum atomic E-state index is 0.848. The molecule has 0 saturated heterocycles. The van der Waals surface area contributed by atoms with E-state index in [4.69, 9.17) is 0 Å². The van der Waals surface area contributed by atoms with Gasteiger partial charge in [0.1, 0.15) is 0 Å². The lowest BCUT2D eigenvalue weighted by Crippen LogP contribution is -2.34. The zero-order chi connectivity index (χ0) is 12.1. The predicted molar refractivity (Wildman–Crippen MR) is 75.2 cm³/mol. The summed E-state index contributed by atoms with van der Waals surface area (Å²) in [6.07, 6.45) is 13.1. The quantitative estimate of drug-likeness (QED) is 0.748. The van der Waals surface area contributed by atoms with E-state index >= 15 is 0 Å². The molecule has 0 spiro atoms. The molecule has 0 aromatic heterocycles. The van der Waals surface area contributed by atoms with Gasteiger partial charge in [-0.05, 0) is 50.0 Å². The van der Waals surface area contributed by atoms with Gasteiger partial charge in [0.2, 0.25) is 0 Å². The van der Waals surface area contributed by atoms with Crippen LogP contribution in [0, 0.1) is 17.8 Å². The standard InChI is InChI=1S/C16H31N/c1-3-15-8-5-9-16(15)17-11-10-14-7-4-6-13(2)12-14/h13-17H,3-12H2,1-2H3. The van der Waals surface area contributed by atoms with Crippen molar-refractivity contribution in [3.63, 3.8) is 0 Å². The van der Waals surface area contributed by atoms with Crippen molar-refractivity contribution in [3.8, 4) is 0 Å². The predicted octanol–water partition coefficient (Wildman–Crippen LogP) is 4.37. The molecule has 0 aromatic carbocycles. The van der Waals surface area contributed by atoms with E-state index in [1.807, 2.05) is 0 Å². The summed E-state index contributed by atoms with van der Waals surface area (Å²) in [6.45, 7) is 6.07. The highest BCUT2D eigenvalue weighted by Crippen LogP contribution is 2.31. The van der Waals surface area contributed by atoms with Crippen LogP contribution in [-0.4, -0.2) is 12.6 Å². The van der Waals surface area contributed by atoms with E-state index in [9.17, 15) is 0 Å². The van der Waals surface area contributed by atoms with E-state index < -0.39 is 0 Å². The third kappa shape index (κ3) is 3.98. The van der Waals surface area contributed by atoms with E-state index in [-0.39, 0.29) is 0 Å². The number of hydrogen-bond acceptors (Lipinski definition) is 1. The van der Waals surface area contributed by atoms with Crippen LogP contribution in [0.4, 0.5) is 0 Å². The highest BCUT2D eigenvalue weighted by Gasteiger charge is 2.25. The molecule has 0 amide bonds. The molecule has 100 valence electrons. The molecule has 1 nitrogen and oxygen atoms in total. The Kier molecular flexibility index (Phi) is 5.34. The summed E-state index contributed by atoms with van der Waals surface area (Å²) in [5.41, 5.74) is 0. The normalized spacial score (nSPS) is 38.5. The van der Waals surface area contributed by atoms with Crippen LogP contribution in [0.1, 0.15) is 71.6 Å². The van der Waals surface area contributed by atoms with Gasteiger partial charge in [-0.2, -0.15) is 0 Å². The Bertz CT molecular complexity index is 214. The Morgan fingerprint density at radius 2 is 1.88 bits per heavy atom. The minimum absolute atomic E-state index is 0.848. The average molecular weight is 237 g/mol. The fourth-order valence-electron chi connectivity index (χ4n) is 4.09. The first-order chi connectivity index (χ1) is 8.29. The van der Waals surface area contributed by atoms with Crippen LogP contribution >= 0.6 is 0 Å². The van der Waals surface area contributed by atoms with Crippen LogP contribution in [0.15, 0.2) is 0 Å². The van der Waals surface area contributed by atoms with Crippen molar-refractivity contribution in [3.05, 3.63) is 0 Å². The van der Waals surface area contributed by atoms with Crippen molar-refractivity contribution in [2.75, 3.05) is 6.54 Å². The van der Waals surface area contributed by atoms with Crippen LogP contribution < -0.4 is 5.32 Å². The van der Waals surface area contributed by atoms with E-state index in [2.05, 4.69) is 19.2 Å². The zero-order valence-corrected chi connectivity index (χ0v) is 11.9. The number of nitrogens with one attached hydrogen (secondary N) is 1. The maximum Gasteiger partial charge on any atom is 0.00952 e. The summed E-state index contributed by atoms with van der Waals surface area (Å²) in [7, 11) is 0. The number of hydrogen-bond donors (Lipinski definition) is 1. The third-order valence-electron chi connectivity index (χ3n) is 5.19. The van der Waals surface area contributed by atoms with Crippen molar-refractivity contribution in [2.45, 2.75) is 77.7 Å². The molecule has 2 aliphatic rings. The Balaban J connectivity index is 1.62. The summed E-state index contributed by atoms with van der Waals surface area (Å²) >= 11 is 0. The minimum Gasteiger partial charge on any atom is -0.314 e. The van der Waals surface area contributed by atoms with Gasteiger partial charge in [0, 0.05) is 6.04 Å². The molecule has 1 heteroatoms. The van der Waals surface area contributed by atoms with E-state index in [0.717, 1.165) is 23.8 Å². The monoisotopic (exact) mass is 237 g/mol. The summed E-state index contributed by atoms with van der Waals surface area (Å²) < 4.78 is 0. The molecule has 4 atom stereocenters. The van der Waals surface area contributed by atoms with Gasteiger partial charge in [-0.1, -0.05) is 46.0 Å².